The molecule has 1 aliphatic heterocycles. The fourth-order valence-electron chi connectivity index (χ4n) is 3.25. The summed E-state index contributed by atoms with van der Waals surface area (Å²) in [4.78, 5) is 28.6. The number of carbonyl (C=O) groups is 2. The highest BCUT2D eigenvalue weighted by Gasteiger charge is 2.25. The molecule has 1 N–H and O–H groups in total. The summed E-state index contributed by atoms with van der Waals surface area (Å²) in [5.74, 6) is 0.969. The third kappa shape index (κ3) is 5.36. The van der Waals surface area contributed by atoms with Crippen molar-refractivity contribution >= 4 is 11.8 Å². The van der Waals surface area contributed by atoms with Gasteiger partial charge in [-0.25, -0.2) is 0 Å². The third-order valence-electron chi connectivity index (χ3n) is 4.70. The zero-order valence-electron chi connectivity index (χ0n) is 16.2. The fraction of sp³-hybridized carbons (Fsp3) is 0.429. The van der Waals surface area contributed by atoms with E-state index in [-0.39, 0.29) is 18.4 Å². The number of nitrogens with one attached hydrogen (secondary N) is 1. The van der Waals surface area contributed by atoms with E-state index >= 15 is 0 Å². The molecule has 2 aromatic rings. The quantitative estimate of drug-likeness (QED) is 0.790. The Morgan fingerprint density at radius 2 is 1.93 bits per heavy atom. The molecular weight excluding hydrogens is 358 g/mol. The first-order valence-corrected chi connectivity index (χ1v) is 9.70. The summed E-state index contributed by atoms with van der Waals surface area (Å²) in [6.45, 7) is 5.85. The SMILES string of the molecule is CCNC(=O)CN1CCCN(C(=O)c2occc2COc2ccccc2)CC1. The Kier molecular flexibility index (Phi) is 7.08. The van der Waals surface area contributed by atoms with Gasteiger partial charge in [0.05, 0.1) is 12.8 Å². The van der Waals surface area contributed by atoms with Crippen molar-refractivity contribution in [3.63, 3.8) is 0 Å². The molecule has 1 aromatic carbocycles. The minimum absolute atomic E-state index is 0.0219. The van der Waals surface area contributed by atoms with E-state index in [1.165, 1.54) is 6.26 Å². The summed E-state index contributed by atoms with van der Waals surface area (Å²) in [5.41, 5.74) is 0.734. The number of rotatable bonds is 7. The van der Waals surface area contributed by atoms with Gasteiger partial charge >= 0.3 is 0 Å². The molecule has 2 heterocycles. The van der Waals surface area contributed by atoms with Crippen LogP contribution in [0.2, 0.25) is 0 Å². The summed E-state index contributed by atoms with van der Waals surface area (Å²) in [5, 5.41) is 2.81. The summed E-state index contributed by atoms with van der Waals surface area (Å²) < 4.78 is 11.2. The van der Waals surface area contributed by atoms with Crippen LogP contribution in [0.15, 0.2) is 47.1 Å². The van der Waals surface area contributed by atoms with Crippen LogP contribution < -0.4 is 10.1 Å². The Hall–Kier alpha value is -2.80. The minimum Gasteiger partial charge on any atom is -0.489 e. The summed E-state index contributed by atoms with van der Waals surface area (Å²) in [7, 11) is 0. The van der Waals surface area contributed by atoms with Crippen molar-refractivity contribution in [2.24, 2.45) is 0 Å². The Morgan fingerprint density at radius 3 is 2.71 bits per heavy atom. The molecular formula is C21H27N3O4. The van der Waals surface area contributed by atoms with Crippen LogP contribution in [0.1, 0.15) is 29.5 Å². The molecule has 0 bridgehead atoms. The number of hydrogen-bond acceptors (Lipinski definition) is 5. The van der Waals surface area contributed by atoms with Gasteiger partial charge < -0.3 is 19.4 Å². The fourth-order valence-corrected chi connectivity index (χ4v) is 3.25. The van der Waals surface area contributed by atoms with Gasteiger partial charge in [-0.2, -0.15) is 0 Å². The number of carbonyl (C=O) groups excluding carboxylic acids is 2. The van der Waals surface area contributed by atoms with Gasteiger partial charge in [-0.05, 0) is 31.5 Å². The zero-order valence-corrected chi connectivity index (χ0v) is 16.2. The van der Waals surface area contributed by atoms with Gasteiger partial charge in [0.15, 0.2) is 5.76 Å². The molecule has 150 valence electrons. The number of hydrogen-bond donors (Lipinski definition) is 1. The first kappa shape index (κ1) is 19.9. The molecule has 7 nitrogen and oxygen atoms in total. The van der Waals surface area contributed by atoms with E-state index in [1.807, 2.05) is 37.3 Å². The van der Waals surface area contributed by atoms with Gasteiger partial charge in [-0.1, -0.05) is 18.2 Å². The first-order valence-electron chi connectivity index (χ1n) is 9.70. The Labute approximate surface area is 165 Å². The molecule has 1 fully saturated rings. The van der Waals surface area contributed by atoms with Crippen molar-refractivity contribution in [2.75, 3.05) is 39.3 Å². The van der Waals surface area contributed by atoms with E-state index < -0.39 is 0 Å². The summed E-state index contributed by atoms with van der Waals surface area (Å²) >= 11 is 0. The van der Waals surface area contributed by atoms with Gasteiger partial charge in [-0.3, -0.25) is 14.5 Å². The second kappa shape index (κ2) is 9.94. The maximum atomic E-state index is 13.0. The second-order valence-corrected chi connectivity index (χ2v) is 6.75. The number of likely N-dealkylation sites (N-methyl/N-ethyl adjacent to an activating group) is 1. The third-order valence-corrected chi connectivity index (χ3v) is 4.70. The zero-order chi connectivity index (χ0) is 19.8. The van der Waals surface area contributed by atoms with E-state index in [4.69, 9.17) is 9.15 Å². The van der Waals surface area contributed by atoms with E-state index in [1.54, 1.807) is 11.0 Å². The van der Waals surface area contributed by atoms with Crippen LogP contribution in [0.25, 0.3) is 0 Å². The largest absolute Gasteiger partial charge is 0.489 e. The normalized spacial score (nSPS) is 15.1. The molecule has 1 aliphatic rings. The van der Waals surface area contributed by atoms with E-state index in [9.17, 15) is 9.59 Å². The first-order chi connectivity index (χ1) is 13.7. The van der Waals surface area contributed by atoms with Gasteiger partial charge in [-0.15, -0.1) is 0 Å². The number of para-hydroxylation sites is 1. The monoisotopic (exact) mass is 385 g/mol. The van der Waals surface area contributed by atoms with Crippen molar-refractivity contribution in [3.05, 3.63) is 54.0 Å². The molecule has 0 unspecified atom stereocenters. The van der Waals surface area contributed by atoms with Gasteiger partial charge in [0.25, 0.3) is 5.91 Å². The number of amides is 2. The topological polar surface area (TPSA) is 75.0 Å². The summed E-state index contributed by atoms with van der Waals surface area (Å²) in [6.07, 6.45) is 2.35. The van der Waals surface area contributed by atoms with E-state index in [0.717, 1.165) is 24.3 Å². The lowest BCUT2D eigenvalue weighted by Gasteiger charge is -2.21. The number of furan rings is 1. The van der Waals surface area contributed by atoms with E-state index in [0.29, 0.717) is 38.5 Å². The van der Waals surface area contributed by atoms with Gasteiger partial charge in [0.2, 0.25) is 5.91 Å². The lowest BCUT2D eigenvalue weighted by atomic mass is 10.2. The average molecular weight is 385 g/mol. The Bertz CT molecular complexity index is 775. The van der Waals surface area contributed by atoms with Crippen LogP contribution in [0.3, 0.4) is 0 Å². The predicted molar refractivity (Wildman–Crippen MR) is 105 cm³/mol. The lowest BCUT2D eigenvalue weighted by Crippen LogP contribution is -2.40. The molecule has 0 radical (unpaired) electrons. The summed E-state index contributed by atoms with van der Waals surface area (Å²) in [6, 6.07) is 11.3. The number of benzene rings is 1. The van der Waals surface area contributed by atoms with Crippen LogP contribution in [-0.2, 0) is 11.4 Å². The molecule has 1 saturated heterocycles. The van der Waals surface area contributed by atoms with Crippen LogP contribution in [0.5, 0.6) is 5.75 Å². The maximum absolute atomic E-state index is 13.0. The van der Waals surface area contributed by atoms with Crippen LogP contribution in [0, 0.1) is 0 Å². The van der Waals surface area contributed by atoms with Crippen molar-refractivity contribution in [2.45, 2.75) is 20.0 Å². The Morgan fingerprint density at radius 1 is 1.11 bits per heavy atom. The van der Waals surface area contributed by atoms with Crippen LogP contribution >= 0.6 is 0 Å². The van der Waals surface area contributed by atoms with Crippen molar-refractivity contribution < 1.29 is 18.7 Å². The molecule has 0 aliphatic carbocycles. The molecule has 0 spiro atoms. The molecule has 3 rings (SSSR count). The molecule has 0 saturated carbocycles. The lowest BCUT2D eigenvalue weighted by molar-refractivity contribution is -0.122. The molecule has 1 aromatic heterocycles. The Balaban J connectivity index is 1.57. The smallest absolute Gasteiger partial charge is 0.290 e. The van der Waals surface area contributed by atoms with Gasteiger partial charge in [0.1, 0.15) is 12.4 Å². The number of nitrogens with zero attached hydrogens (tertiary/aromatic N) is 2. The number of ether oxygens (including phenoxy) is 1. The second-order valence-electron chi connectivity index (χ2n) is 6.75. The standard InChI is InChI=1S/C21H27N3O4/c1-2-22-19(25)15-23-10-6-11-24(13-12-23)21(26)20-17(9-14-27-20)16-28-18-7-4-3-5-8-18/h3-5,7-9,14H,2,6,10-13,15-16H2,1H3,(H,22,25). The highest BCUT2D eigenvalue weighted by atomic mass is 16.5. The van der Waals surface area contributed by atoms with Crippen LogP contribution in [0.4, 0.5) is 0 Å². The minimum atomic E-state index is -0.128. The molecule has 2 amide bonds. The van der Waals surface area contributed by atoms with Crippen molar-refractivity contribution in [1.82, 2.24) is 15.1 Å². The van der Waals surface area contributed by atoms with E-state index in [2.05, 4.69) is 10.2 Å². The van der Waals surface area contributed by atoms with Crippen molar-refractivity contribution in [3.8, 4) is 5.75 Å². The molecule has 7 heteroatoms. The van der Waals surface area contributed by atoms with Crippen LogP contribution in [-0.4, -0.2) is 60.9 Å². The molecule has 0 atom stereocenters. The highest BCUT2D eigenvalue weighted by molar-refractivity contribution is 5.93. The van der Waals surface area contributed by atoms with Gasteiger partial charge in [0, 0.05) is 38.3 Å². The van der Waals surface area contributed by atoms with Crippen molar-refractivity contribution in [1.29, 1.82) is 0 Å². The highest BCUT2D eigenvalue weighted by Crippen LogP contribution is 2.18. The average Bonchev–Trinajstić information content (AvgIpc) is 3.05. The predicted octanol–water partition coefficient (Wildman–Crippen LogP) is 2.14. The molecule has 28 heavy (non-hydrogen) atoms. The maximum Gasteiger partial charge on any atom is 0.290 e.